The molecule has 0 aromatic carbocycles. The third-order valence-electron chi connectivity index (χ3n) is 6.39. The van der Waals surface area contributed by atoms with Crippen molar-refractivity contribution in [3.05, 3.63) is 40.1 Å². The number of carbonyl (C=O) groups excluding carboxylic acids is 1. The van der Waals surface area contributed by atoms with E-state index in [1.165, 1.54) is 6.92 Å². The molecule has 1 saturated heterocycles. The molecule has 0 bridgehead atoms. The number of nitrogens with one attached hydrogen (secondary N) is 3. The Morgan fingerprint density at radius 3 is 2.26 bits per heavy atom. The van der Waals surface area contributed by atoms with E-state index in [4.69, 9.17) is 4.84 Å². The van der Waals surface area contributed by atoms with E-state index in [9.17, 15) is 35.9 Å². The number of H-pyrrole nitrogens is 1. The summed E-state index contributed by atoms with van der Waals surface area (Å²) in [7, 11) is 0. The first-order valence-electron chi connectivity index (χ1n) is 11.6. The van der Waals surface area contributed by atoms with Crippen molar-refractivity contribution in [1.29, 1.82) is 0 Å². The first kappa shape index (κ1) is 29.1. The van der Waals surface area contributed by atoms with Gasteiger partial charge in [-0.15, -0.1) is 0 Å². The monoisotopic (exact) mass is 551 g/mol. The van der Waals surface area contributed by atoms with Gasteiger partial charge in [-0.2, -0.15) is 31.4 Å². The van der Waals surface area contributed by atoms with Crippen LogP contribution in [0.25, 0.3) is 0 Å². The second kappa shape index (κ2) is 11.1. The van der Waals surface area contributed by atoms with Crippen LogP contribution in [-0.4, -0.2) is 51.8 Å². The maximum Gasteiger partial charge on any atom is 0.423 e. The third-order valence-corrected chi connectivity index (χ3v) is 6.39. The molecular weight excluding hydrogens is 524 g/mol. The zero-order valence-corrected chi connectivity index (χ0v) is 20.7. The zero-order chi connectivity index (χ0) is 28.3. The average molecular weight is 551 g/mol. The number of aromatic nitrogens is 4. The molecule has 3 heterocycles. The Morgan fingerprint density at radius 2 is 1.71 bits per heavy atom. The van der Waals surface area contributed by atoms with Crippen LogP contribution in [0.3, 0.4) is 0 Å². The maximum absolute atomic E-state index is 13.2. The van der Waals surface area contributed by atoms with Gasteiger partial charge in [0.05, 0.1) is 24.1 Å². The minimum Gasteiger partial charge on any atom is -0.378 e. The molecule has 1 atom stereocenters. The summed E-state index contributed by atoms with van der Waals surface area (Å²) in [5.41, 5.74) is -2.82. The molecule has 1 fully saturated rings. The molecule has 0 radical (unpaired) electrons. The molecular formula is C22H27F6N7O3. The summed E-state index contributed by atoms with van der Waals surface area (Å²) in [5.74, 6) is -0.362. The lowest BCUT2D eigenvalue weighted by Crippen LogP contribution is -2.47. The molecule has 0 unspecified atom stereocenters. The van der Waals surface area contributed by atoms with Crippen LogP contribution >= 0.6 is 0 Å². The van der Waals surface area contributed by atoms with Crippen molar-refractivity contribution in [2.75, 3.05) is 29.9 Å². The van der Waals surface area contributed by atoms with Crippen LogP contribution in [0.4, 0.5) is 38.0 Å². The number of piperidine rings is 1. The Hall–Kier alpha value is -3.43. The van der Waals surface area contributed by atoms with Gasteiger partial charge in [0, 0.05) is 36.9 Å². The minimum absolute atomic E-state index is 0.0937. The molecule has 3 rings (SSSR count). The lowest BCUT2D eigenvalue weighted by Gasteiger charge is -2.39. The highest BCUT2D eigenvalue weighted by molar-refractivity contribution is 5.81. The van der Waals surface area contributed by atoms with Crippen LogP contribution in [-0.2, 0) is 22.0 Å². The number of rotatable bonds is 8. The minimum atomic E-state index is -4.90. The second-order valence-corrected chi connectivity index (χ2v) is 9.53. The lowest BCUT2D eigenvalue weighted by molar-refractivity contribution is -0.146. The summed E-state index contributed by atoms with van der Waals surface area (Å²) in [6.45, 7) is 5.59. The number of carbonyl (C=O) groups is 1. The number of hydrogen-bond acceptors (Lipinski definition) is 8. The first-order valence-corrected chi connectivity index (χ1v) is 11.6. The van der Waals surface area contributed by atoms with Gasteiger partial charge in [0.2, 0.25) is 11.9 Å². The van der Waals surface area contributed by atoms with Gasteiger partial charge in [-0.3, -0.25) is 14.4 Å². The van der Waals surface area contributed by atoms with E-state index < -0.39 is 52.1 Å². The van der Waals surface area contributed by atoms with E-state index in [0.717, 1.165) is 18.6 Å². The summed E-state index contributed by atoms with van der Waals surface area (Å²) in [4.78, 5) is 39.0. The number of nitrogens with zero attached hydrogens (tertiary/aromatic N) is 4. The van der Waals surface area contributed by atoms with E-state index in [-0.39, 0.29) is 18.5 Å². The van der Waals surface area contributed by atoms with Gasteiger partial charge in [-0.05, 0) is 25.7 Å². The van der Waals surface area contributed by atoms with Crippen molar-refractivity contribution < 1.29 is 36.0 Å². The van der Waals surface area contributed by atoms with Crippen LogP contribution in [0.5, 0.6) is 0 Å². The Labute approximate surface area is 213 Å². The summed E-state index contributed by atoms with van der Waals surface area (Å²) < 4.78 is 77.7. The highest BCUT2D eigenvalue weighted by Gasteiger charge is 2.40. The number of halogens is 6. The highest BCUT2D eigenvalue weighted by Crippen LogP contribution is 2.36. The molecule has 0 saturated carbocycles. The molecule has 1 amide bonds. The predicted octanol–water partition coefficient (Wildman–Crippen LogP) is 3.39. The van der Waals surface area contributed by atoms with E-state index in [2.05, 4.69) is 25.9 Å². The fourth-order valence-corrected chi connectivity index (χ4v) is 4.08. The van der Waals surface area contributed by atoms with Crippen LogP contribution in [0.15, 0.2) is 23.4 Å². The van der Waals surface area contributed by atoms with Crippen molar-refractivity contribution in [3.8, 4) is 0 Å². The number of alkyl halides is 6. The number of amides is 1. The van der Waals surface area contributed by atoms with Gasteiger partial charge >= 0.3 is 12.4 Å². The molecule has 0 spiro atoms. The van der Waals surface area contributed by atoms with Gasteiger partial charge in [-0.1, -0.05) is 13.8 Å². The summed E-state index contributed by atoms with van der Waals surface area (Å²) in [6.07, 6.45) is -6.04. The number of hydroxylamine groups is 1. The number of anilines is 2. The quantitative estimate of drug-likeness (QED) is 0.337. The molecule has 16 heteroatoms. The Morgan fingerprint density at radius 1 is 1.11 bits per heavy atom. The van der Waals surface area contributed by atoms with Gasteiger partial charge in [0.25, 0.3) is 5.56 Å². The van der Waals surface area contributed by atoms with E-state index in [0.29, 0.717) is 25.9 Å². The molecule has 10 nitrogen and oxygen atoms in total. The van der Waals surface area contributed by atoms with Gasteiger partial charge in [-0.25, -0.2) is 20.5 Å². The second-order valence-electron chi connectivity index (χ2n) is 9.53. The Kier molecular flexibility index (Phi) is 8.53. The topological polar surface area (TPSA) is 125 Å². The molecule has 38 heavy (non-hydrogen) atoms. The van der Waals surface area contributed by atoms with Crippen LogP contribution in [0, 0.1) is 11.3 Å². The van der Waals surface area contributed by atoms with Crippen molar-refractivity contribution >= 4 is 17.5 Å². The zero-order valence-electron chi connectivity index (χ0n) is 20.7. The molecule has 2 aromatic heterocycles. The summed E-state index contributed by atoms with van der Waals surface area (Å²) in [5, 5.41) is 7.62. The molecule has 0 aliphatic carbocycles. The first-order chi connectivity index (χ1) is 17.6. The molecule has 1 aliphatic heterocycles. The normalized spacial score (nSPS) is 16.3. The summed E-state index contributed by atoms with van der Waals surface area (Å²) in [6, 6.07) is -0.727. The summed E-state index contributed by atoms with van der Waals surface area (Å²) >= 11 is 0. The Balaban J connectivity index is 1.49. The fourth-order valence-electron chi connectivity index (χ4n) is 4.08. The van der Waals surface area contributed by atoms with E-state index >= 15 is 0 Å². The standard InChI is InChI=1S/C22H27F6N7O3/c1-12(32-15-10-31-33-17(36)16(15)22(26,27)28)11-38-34-18(37)20(2,3)13-4-6-35(7-5-13)19-29-8-14(9-30-19)21(23,24)25/h8-10,12-13H,4-7,11H2,1-3H3,(H,34,37)(H2,32,33,36)/t12-/m0/s1. The maximum atomic E-state index is 13.2. The average Bonchev–Trinajstić information content (AvgIpc) is 2.82. The largest absolute Gasteiger partial charge is 0.423 e. The molecule has 2 aromatic rings. The third kappa shape index (κ3) is 6.90. The molecule has 1 aliphatic rings. The fraction of sp³-hybridized carbons (Fsp3) is 0.591. The van der Waals surface area contributed by atoms with Crippen molar-refractivity contribution in [2.45, 2.75) is 52.0 Å². The van der Waals surface area contributed by atoms with Crippen molar-refractivity contribution in [2.24, 2.45) is 11.3 Å². The van der Waals surface area contributed by atoms with Crippen LogP contribution in [0.1, 0.15) is 44.7 Å². The van der Waals surface area contributed by atoms with Crippen molar-refractivity contribution in [3.63, 3.8) is 0 Å². The molecule has 210 valence electrons. The van der Waals surface area contributed by atoms with Crippen LogP contribution < -0.4 is 21.3 Å². The SMILES string of the molecule is C[C@@H](CONC(=O)C(C)(C)C1CCN(c2ncc(C(F)(F)F)cn2)CC1)Nc1cn[nH]c(=O)c1C(F)(F)F. The lowest BCUT2D eigenvalue weighted by atomic mass is 9.73. The highest BCUT2D eigenvalue weighted by atomic mass is 19.4. The van der Waals surface area contributed by atoms with E-state index in [1.807, 2.05) is 0 Å². The van der Waals surface area contributed by atoms with Crippen LogP contribution in [0.2, 0.25) is 0 Å². The smallest absolute Gasteiger partial charge is 0.378 e. The van der Waals surface area contributed by atoms with E-state index in [1.54, 1.807) is 23.8 Å². The van der Waals surface area contributed by atoms with Gasteiger partial charge < -0.3 is 10.2 Å². The Bertz CT molecular complexity index is 1160. The van der Waals surface area contributed by atoms with Crippen molar-refractivity contribution in [1.82, 2.24) is 25.6 Å². The van der Waals surface area contributed by atoms with Gasteiger partial charge in [0.1, 0.15) is 5.56 Å². The number of hydrogen-bond donors (Lipinski definition) is 3. The van der Waals surface area contributed by atoms with Gasteiger partial charge in [0.15, 0.2) is 0 Å². The molecule has 3 N–H and O–H groups in total. The number of aromatic amines is 1. The predicted molar refractivity (Wildman–Crippen MR) is 123 cm³/mol.